The molecule has 0 aliphatic heterocycles. The van der Waals surface area contributed by atoms with Gasteiger partial charge >= 0.3 is 5.97 Å². The first-order valence-electron chi connectivity index (χ1n) is 9.51. The number of rotatable bonds is 8. The first-order chi connectivity index (χ1) is 13.6. The van der Waals surface area contributed by atoms with E-state index in [1.54, 1.807) is 12.1 Å². The minimum Gasteiger partial charge on any atom is -0.456 e. The first-order valence-corrected chi connectivity index (χ1v) is 11.0. The molecular weight excluding hydrogens is 392 g/mol. The highest BCUT2D eigenvalue weighted by Gasteiger charge is 2.29. The molecule has 0 bridgehead atoms. The summed E-state index contributed by atoms with van der Waals surface area (Å²) in [6, 6.07) is 8.64. The van der Waals surface area contributed by atoms with Gasteiger partial charge in [-0.05, 0) is 51.8 Å². The number of benzene rings is 1. The topological polar surface area (TPSA) is 85.7 Å². The quantitative estimate of drug-likeness (QED) is 0.486. The van der Waals surface area contributed by atoms with Gasteiger partial charge in [-0.1, -0.05) is 17.7 Å². The lowest BCUT2D eigenvalue weighted by Crippen LogP contribution is -2.33. The monoisotopic (exact) mass is 418 g/mol. The molecule has 0 amide bonds. The molecule has 0 saturated heterocycles. The van der Waals surface area contributed by atoms with Crippen molar-refractivity contribution in [2.24, 2.45) is 0 Å². The van der Waals surface area contributed by atoms with Gasteiger partial charge in [0.2, 0.25) is 15.8 Å². The van der Waals surface area contributed by atoms with E-state index in [9.17, 15) is 18.0 Å². The van der Waals surface area contributed by atoms with Gasteiger partial charge in [0, 0.05) is 30.0 Å². The van der Waals surface area contributed by atoms with Crippen LogP contribution in [0.15, 0.2) is 35.2 Å². The molecule has 1 fully saturated rings. The number of aryl methyl sites for hydroxylation is 2. The van der Waals surface area contributed by atoms with Crippen LogP contribution < -0.4 is 0 Å². The van der Waals surface area contributed by atoms with Gasteiger partial charge in [-0.2, -0.15) is 4.31 Å². The molecule has 7 nitrogen and oxygen atoms in total. The lowest BCUT2D eigenvalue weighted by molar-refractivity contribution is -0.142. The smallest absolute Gasteiger partial charge is 0.321 e. The molecule has 3 rings (SSSR count). The number of nitrogens with zero attached hydrogens (tertiary/aromatic N) is 2. The van der Waals surface area contributed by atoms with Crippen LogP contribution in [-0.4, -0.2) is 49.2 Å². The van der Waals surface area contributed by atoms with Crippen molar-refractivity contribution in [3.05, 3.63) is 52.8 Å². The number of carbonyl (C=O) groups is 2. The molecule has 2 aromatic rings. The fourth-order valence-electron chi connectivity index (χ4n) is 3.38. The van der Waals surface area contributed by atoms with E-state index in [1.807, 2.05) is 26.8 Å². The van der Waals surface area contributed by atoms with E-state index in [4.69, 9.17) is 4.74 Å². The Morgan fingerprint density at radius 1 is 1.14 bits per heavy atom. The molecule has 1 aromatic carbocycles. The normalized spacial score (nSPS) is 14.2. The van der Waals surface area contributed by atoms with Crippen molar-refractivity contribution in [3.8, 4) is 0 Å². The second-order valence-corrected chi connectivity index (χ2v) is 9.59. The van der Waals surface area contributed by atoms with E-state index in [-0.39, 0.29) is 10.7 Å². The Kier molecular flexibility index (Phi) is 5.95. The molecule has 1 aliphatic carbocycles. The summed E-state index contributed by atoms with van der Waals surface area (Å²) >= 11 is 0. The van der Waals surface area contributed by atoms with Gasteiger partial charge in [0.05, 0.1) is 4.90 Å². The largest absolute Gasteiger partial charge is 0.456 e. The van der Waals surface area contributed by atoms with Crippen LogP contribution in [0.25, 0.3) is 0 Å². The zero-order valence-corrected chi connectivity index (χ0v) is 18.0. The molecule has 0 radical (unpaired) electrons. The number of likely N-dealkylation sites (N-methyl/N-ethyl adjacent to an activating group) is 1. The maximum Gasteiger partial charge on any atom is 0.321 e. The Labute approximate surface area is 171 Å². The molecule has 1 saturated carbocycles. The molecule has 1 aliphatic rings. The number of ether oxygens (including phenoxy) is 1. The van der Waals surface area contributed by atoms with E-state index in [0.717, 1.165) is 34.1 Å². The van der Waals surface area contributed by atoms with E-state index in [1.165, 1.54) is 19.2 Å². The number of ketones is 1. The molecule has 1 heterocycles. The van der Waals surface area contributed by atoms with E-state index in [0.29, 0.717) is 11.6 Å². The second-order valence-electron chi connectivity index (χ2n) is 7.54. The third kappa shape index (κ3) is 4.59. The van der Waals surface area contributed by atoms with Gasteiger partial charge < -0.3 is 9.30 Å². The van der Waals surface area contributed by atoms with Crippen LogP contribution in [0.4, 0.5) is 0 Å². The van der Waals surface area contributed by atoms with Crippen LogP contribution in [0.2, 0.25) is 0 Å². The van der Waals surface area contributed by atoms with Crippen LogP contribution >= 0.6 is 0 Å². The zero-order valence-electron chi connectivity index (χ0n) is 17.1. The van der Waals surface area contributed by atoms with Crippen molar-refractivity contribution < 1.29 is 22.7 Å². The zero-order chi connectivity index (χ0) is 21.3. The maximum atomic E-state index is 12.5. The summed E-state index contributed by atoms with van der Waals surface area (Å²) in [5.74, 6) is -1.06. The Morgan fingerprint density at radius 2 is 1.76 bits per heavy atom. The van der Waals surface area contributed by atoms with Crippen LogP contribution in [0.3, 0.4) is 0 Å². The standard InChI is InChI=1S/C21H26N2O5S/c1-14-5-9-18(10-6-14)29(26,27)22(4)12-21(25)28-13-20(24)19-11-15(2)23(16(19)3)17-7-8-17/h5-6,9-11,17H,7-8,12-13H2,1-4H3. The van der Waals surface area contributed by atoms with Crippen molar-refractivity contribution in [1.29, 1.82) is 0 Å². The van der Waals surface area contributed by atoms with Gasteiger partial charge in [-0.15, -0.1) is 0 Å². The van der Waals surface area contributed by atoms with Crippen molar-refractivity contribution in [1.82, 2.24) is 8.87 Å². The summed E-state index contributed by atoms with van der Waals surface area (Å²) in [5, 5.41) is 0. The number of esters is 1. The Hall–Kier alpha value is -2.45. The number of carbonyl (C=O) groups excluding carboxylic acids is 2. The highest BCUT2D eigenvalue weighted by molar-refractivity contribution is 7.89. The highest BCUT2D eigenvalue weighted by atomic mass is 32.2. The summed E-state index contributed by atoms with van der Waals surface area (Å²) in [7, 11) is -2.50. The van der Waals surface area contributed by atoms with Crippen LogP contribution in [0, 0.1) is 20.8 Å². The first kappa shape index (κ1) is 21.3. The molecule has 0 N–H and O–H groups in total. The Balaban J connectivity index is 1.59. The molecule has 1 aromatic heterocycles. The van der Waals surface area contributed by atoms with Gasteiger partial charge in [0.1, 0.15) is 6.54 Å². The predicted molar refractivity (Wildman–Crippen MR) is 108 cm³/mol. The summed E-state index contributed by atoms with van der Waals surface area (Å²) < 4.78 is 33.2. The fourth-order valence-corrected chi connectivity index (χ4v) is 4.50. The lowest BCUT2D eigenvalue weighted by Gasteiger charge is -2.16. The van der Waals surface area contributed by atoms with E-state index in [2.05, 4.69) is 4.57 Å². The molecule has 0 spiro atoms. The highest BCUT2D eigenvalue weighted by Crippen LogP contribution is 2.38. The van der Waals surface area contributed by atoms with Gasteiger partial charge in [0.25, 0.3) is 0 Å². The average Bonchev–Trinajstić information content (AvgIpc) is 3.44. The summed E-state index contributed by atoms with van der Waals surface area (Å²) in [6.45, 7) is 4.83. The number of sulfonamides is 1. The molecule has 0 unspecified atom stereocenters. The SMILES string of the molecule is Cc1ccc(S(=O)(=O)N(C)CC(=O)OCC(=O)c2cc(C)n(C3CC3)c2C)cc1. The van der Waals surface area contributed by atoms with Crippen LogP contribution in [0.1, 0.15) is 46.2 Å². The van der Waals surface area contributed by atoms with Crippen molar-refractivity contribution >= 4 is 21.8 Å². The predicted octanol–water partition coefficient (Wildman–Crippen LogP) is 2.79. The summed E-state index contributed by atoms with van der Waals surface area (Å²) in [5.41, 5.74) is 3.38. The molecule has 0 atom stereocenters. The van der Waals surface area contributed by atoms with Crippen molar-refractivity contribution in [2.75, 3.05) is 20.2 Å². The summed E-state index contributed by atoms with van der Waals surface area (Å²) in [6.07, 6.45) is 2.22. The van der Waals surface area contributed by atoms with Crippen LogP contribution in [-0.2, 0) is 19.6 Å². The van der Waals surface area contributed by atoms with Crippen molar-refractivity contribution in [2.45, 2.75) is 44.6 Å². The van der Waals surface area contributed by atoms with Gasteiger partial charge in [-0.3, -0.25) is 9.59 Å². The number of hydrogen-bond acceptors (Lipinski definition) is 5. The minimum atomic E-state index is -3.81. The lowest BCUT2D eigenvalue weighted by atomic mass is 10.1. The van der Waals surface area contributed by atoms with Crippen LogP contribution in [0.5, 0.6) is 0 Å². The maximum absolute atomic E-state index is 12.5. The molecular formula is C21H26N2O5S. The Morgan fingerprint density at radius 3 is 2.34 bits per heavy atom. The molecule has 156 valence electrons. The third-order valence-electron chi connectivity index (χ3n) is 5.14. The third-order valence-corrected chi connectivity index (χ3v) is 6.96. The summed E-state index contributed by atoms with van der Waals surface area (Å²) in [4.78, 5) is 24.7. The van der Waals surface area contributed by atoms with E-state index >= 15 is 0 Å². The fraction of sp³-hybridized carbons (Fsp3) is 0.429. The van der Waals surface area contributed by atoms with Crippen molar-refractivity contribution in [3.63, 3.8) is 0 Å². The number of hydrogen-bond donors (Lipinski definition) is 0. The number of aromatic nitrogens is 1. The Bertz CT molecular complexity index is 1030. The number of Topliss-reactive ketones (excluding diaryl/α,β-unsaturated/α-hetero) is 1. The molecule has 29 heavy (non-hydrogen) atoms. The second kappa shape index (κ2) is 8.12. The molecule has 8 heteroatoms. The van der Waals surface area contributed by atoms with Gasteiger partial charge in [0.15, 0.2) is 6.61 Å². The van der Waals surface area contributed by atoms with Gasteiger partial charge in [-0.25, -0.2) is 8.42 Å². The average molecular weight is 419 g/mol. The van der Waals surface area contributed by atoms with E-state index < -0.39 is 29.1 Å². The minimum absolute atomic E-state index is 0.0991.